The number of nitrogens with zero attached hydrogens (tertiary/aromatic N) is 2. The van der Waals surface area contributed by atoms with E-state index in [0.717, 1.165) is 43.8 Å². The minimum absolute atomic E-state index is 0.127. The minimum atomic E-state index is -0.773. The molecule has 9 heteroatoms. The van der Waals surface area contributed by atoms with E-state index in [1.54, 1.807) is 6.07 Å². The second kappa shape index (κ2) is 9.23. The Kier molecular flexibility index (Phi) is 6.24. The van der Waals surface area contributed by atoms with E-state index in [-0.39, 0.29) is 22.5 Å². The van der Waals surface area contributed by atoms with Gasteiger partial charge in [-0.25, -0.2) is 13.8 Å². The van der Waals surface area contributed by atoms with Gasteiger partial charge in [0.05, 0.1) is 29.8 Å². The average Bonchev–Trinajstić information content (AvgIpc) is 2.78. The summed E-state index contributed by atoms with van der Waals surface area (Å²) >= 11 is 0. The summed E-state index contributed by atoms with van der Waals surface area (Å²) in [6.45, 7) is 4.66. The van der Waals surface area contributed by atoms with E-state index in [2.05, 4.69) is 15.2 Å². The highest BCUT2D eigenvalue weighted by Gasteiger charge is 2.15. The van der Waals surface area contributed by atoms with Crippen molar-refractivity contribution in [3.8, 4) is 5.69 Å². The molecule has 162 valence electrons. The third-order valence-electron chi connectivity index (χ3n) is 5.29. The normalized spacial score (nSPS) is 14.6. The Bertz CT molecular complexity index is 1210. The second-order valence-electron chi connectivity index (χ2n) is 7.35. The molecule has 2 N–H and O–H groups in total. The highest BCUT2D eigenvalue weighted by Crippen LogP contribution is 2.13. The SMILES string of the molecule is O=C(NCCCN1CCOCC1)c1ccc2c(=O)n(-c3ccccc3F)c(=O)[nH]c2c1. The van der Waals surface area contributed by atoms with Crippen molar-refractivity contribution in [2.45, 2.75) is 6.42 Å². The van der Waals surface area contributed by atoms with Gasteiger partial charge in [-0.3, -0.25) is 14.5 Å². The van der Waals surface area contributed by atoms with Gasteiger partial charge in [-0.1, -0.05) is 12.1 Å². The molecule has 0 bridgehead atoms. The fraction of sp³-hybridized carbons (Fsp3) is 0.318. The summed E-state index contributed by atoms with van der Waals surface area (Å²) in [6, 6.07) is 10.0. The molecule has 1 fully saturated rings. The number of hydrogen-bond donors (Lipinski definition) is 2. The van der Waals surface area contributed by atoms with Crippen LogP contribution in [0.5, 0.6) is 0 Å². The summed E-state index contributed by atoms with van der Waals surface area (Å²) in [5, 5.41) is 3.04. The number of morpholine rings is 1. The quantitative estimate of drug-likeness (QED) is 0.579. The number of nitrogens with one attached hydrogen (secondary N) is 2. The molecule has 1 saturated heterocycles. The lowest BCUT2D eigenvalue weighted by Crippen LogP contribution is -2.38. The highest BCUT2D eigenvalue weighted by atomic mass is 19.1. The summed E-state index contributed by atoms with van der Waals surface area (Å²) in [5.41, 5.74) is -0.995. The molecule has 3 aromatic rings. The molecule has 0 spiro atoms. The zero-order valence-corrected chi connectivity index (χ0v) is 16.9. The first-order valence-electron chi connectivity index (χ1n) is 10.2. The molecule has 2 aromatic carbocycles. The Labute approximate surface area is 177 Å². The van der Waals surface area contributed by atoms with Crippen molar-refractivity contribution in [1.29, 1.82) is 0 Å². The highest BCUT2D eigenvalue weighted by molar-refractivity contribution is 5.97. The van der Waals surface area contributed by atoms with E-state index < -0.39 is 17.1 Å². The van der Waals surface area contributed by atoms with Gasteiger partial charge in [0.2, 0.25) is 0 Å². The zero-order chi connectivity index (χ0) is 21.8. The molecule has 31 heavy (non-hydrogen) atoms. The number of amides is 1. The number of para-hydroxylation sites is 1. The lowest BCUT2D eigenvalue weighted by atomic mass is 10.1. The van der Waals surface area contributed by atoms with Gasteiger partial charge < -0.3 is 15.0 Å². The van der Waals surface area contributed by atoms with E-state index in [0.29, 0.717) is 12.1 Å². The molecule has 1 aliphatic rings. The molecular weight excluding hydrogens is 403 g/mol. The van der Waals surface area contributed by atoms with E-state index >= 15 is 0 Å². The lowest BCUT2D eigenvalue weighted by molar-refractivity contribution is 0.0374. The topological polar surface area (TPSA) is 96.4 Å². The van der Waals surface area contributed by atoms with Crippen LogP contribution in [0, 0.1) is 5.82 Å². The predicted molar refractivity (Wildman–Crippen MR) is 114 cm³/mol. The van der Waals surface area contributed by atoms with Gasteiger partial charge in [0.15, 0.2) is 0 Å². The van der Waals surface area contributed by atoms with Crippen molar-refractivity contribution in [3.05, 3.63) is 74.7 Å². The Balaban J connectivity index is 1.50. The zero-order valence-electron chi connectivity index (χ0n) is 16.9. The number of ether oxygens (including phenoxy) is 1. The van der Waals surface area contributed by atoms with Gasteiger partial charge in [0, 0.05) is 25.2 Å². The van der Waals surface area contributed by atoms with Gasteiger partial charge in [-0.15, -0.1) is 0 Å². The third kappa shape index (κ3) is 4.57. The van der Waals surface area contributed by atoms with Crippen molar-refractivity contribution >= 4 is 16.8 Å². The number of hydrogen-bond acceptors (Lipinski definition) is 5. The maximum absolute atomic E-state index is 14.1. The first-order chi connectivity index (χ1) is 15.0. The molecule has 1 aliphatic heterocycles. The average molecular weight is 426 g/mol. The maximum atomic E-state index is 14.1. The summed E-state index contributed by atoms with van der Waals surface area (Å²) < 4.78 is 20.2. The Morgan fingerprint density at radius 3 is 2.68 bits per heavy atom. The van der Waals surface area contributed by atoms with Crippen LogP contribution in [0.2, 0.25) is 0 Å². The molecule has 0 atom stereocenters. The fourth-order valence-corrected chi connectivity index (χ4v) is 3.64. The molecular formula is C22H23FN4O4. The van der Waals surface area contributed by atoms with E-state index in [4.69, 9.17) is 4.74 Å². The minimum Gasteiger partial charge on any atom is -0.379 e. The summed E-state index contributed by atoms with van der Waals surface area (Å²) in [4.78, 5) is 42.6. The third-order valence-corrected chi connectivity index (χ3v) is 5.29. The van der Waals surface area contributed by atoms with E-state index in [9.17, 15) is 18.8 Å². The van der Waals surface area contributed by atoms with Crippen LogP contribution in [0.3, 0.4) is 0 Å². The fourth-order valence-electron chi connectivity index (χ4n) is 3.64. The van der Waals surface area contributed by atoms with Crippen LogP contribution < -0.4 is 16.6 Å². The summed E-state index contributed by atoms with van der Waals surface area (Å²) in [5.74, 6) is -0.967. The Morgan fingerprint density at radius 2 is 1.90 bits per heavy atom. The molecule has 1 aromatic heterocycles. The smallest absolute Gasteiger partial charge is 0.333 e. The lowest BCUT2D eigenvalue weighted by Gasteiger charge is -2.26. The second-order valence-corrected chi connectivity index (χ2v) is 7.35. The van der Waals surface area contributed by atoms with Crippen LogP contribution in [0.25, 0.3) is 16.6 Å². The molecule has 0 radical (unpaired) electrons. The number of H-pyrrole nitrogens is 1. The van der Waals surface area contributed by atoms with Crippen molar-refractivity contribution in [2.75, 3.05) is 39.4 Å². The van der Waals surface area contributed by atoms with Crippen molar-refractivity contribution < 1.29 is 13.9 Å². The van der Waals surface area contributed by atoms with Crippen LogP contribution >= 0.6 is 0 Å². The number of benzene rings is 2. The van der Waals surface area contributed by atoms with Crippen LogP contribution in [0.1, 0.15) is 16.8 Å². The molecule has 0 unspecified atom stereocenters. The Morgan fingerprint density at radius 1 is 1.13 bits per heavy atom. The van der Waals surface area contributed by atoms with Crippen LogP contribution in [-0.4, -0.2) is 59.8 Å². The van der Waals surface area contributed by atoms with Crippen molar-refractivity contribution in [1.82, 2.24) is 19.8 Å². The number of rotatable bonds is 6. The molecule has 2 heterocycles. The van der Waals surface area contributed by atoms with Gasteiger partial charge in [-0.05, 0) is 43.3 Å². The monoisotopic (exact) mass is 426 g/mol. The van der Waals surface area contributed by atoms with Crippen LogP contribution in [0.4, 0.5) is 4.39 Å². The van der Waals surface area contributed by atoms with E-state index in [1.807, 2.05) is 0 Å². The van der Waals surface area contributed by atoms with Crippen molar-refractivity contribution in [2.24, 2.45) is 0 Å². The van der Waals surface area contributed by atoms with E-state index in [1.165, 1.54) is 36.4 Å². The summed E-state index contributed by atoms with van der Waals surface area (Å²) in [6.07, 6.45) is 0.809. The molecule has 1 amide bonds. The van der Waals surface area contributed by atoms with Crippen LogP contribution in [0.15, 0.2) is 52.1 Å². The first kappa shape index (κ1) is 21.0. The standard InChI is InChI=1S/C22H23FN4O4/c23-17-4-1-2-5-19(17)27-21(29)16-7-6-15(14-18(16)25-22(27)30)20(28)24-8-3-9-26-10-12-31-13-11-26/h1-2,4-7,14H,3,8-13H2,(H,24,28)(H,25,30). The number of aromatic nitrogens is 2. The molecule has 4 rings (SSSR count). The number of carbonyl (C=O) groups is 1. The van der Waals surface area contributed by atoms with Gasteiger partial charge >= 0.3 is 5.69 Å². The number of carbonyl (C=O) groups excluding carboxylic acids is 1. The predicted octanol–water partition coefficient (Wildman–Crippen LogP) is 1.27. The molecule has 0 aliphatic carbocycles. The van der Waals surface area contributed by atoms with Crippen LogP contribution in [-0.2, 0) is 4.74 Å². The van der Waals surface area contributed by atoms with Gasteiger partial charge in [-0.2, -0.15) is 0 Å². The van der Waals surface area contributed by atoms with Gasteiger partial charge in [0.1, 0.15) is 5.82 Å². The number of aromatic amines is 1. The number of fused-ring (bicyclic) bond motifs is 1. The molecule has 8 nitrogen and oxygen atoms in total. The molecule has 0 saturated carbocycles. The first-order valence-corrected chi connectivity index (χ1v) is 10.2. The largest absolute Gasteiger partial charge is 0.379 e. The maximum Gasteiger partial charge on any atom is 0.333 e. The number of halogens is 1. The van der Waals surface area contributed by atoms with Gasteiger partial charge in [0.25, 0.3) is 11.5 Å². The summed E-state index contributed by atoms with van der Waals surface area (Å²) in [7, 11) is 0. The Hall–Kier alpha value is -3.30. The van der Waals surface area contributed by atoms with Crippen molar-refractivity contribution in [3.63, 3.8) is 0 Å².